The van der Waals surface area contributed by atoms with E-state index in [-0.39, 0.29) is 44.0 Å². The van der Waals surface area contributed by atoms with Crippen LogP contribution in [-0.2, 0) is 16.5 Å². The fraction of sp³-hybridized carbons (Fsp3) is 0.600. The van der Waals surface area contributed by atoms with E-state index in [1.165, 1.54) is 0 Å². The van der Waals surface area contributed by atoms with Gasteiger partial charge in [-0.15, -0.1) is 0 Å². The second kappa shape index (κ2) is 27.0. The minimum absolute atomic E-state index is 0.132. The van der Waals surface area contributed by atoms with Gasteiger partial charge in [0.2, 0.25) is 0 Å². The van der Waals surface area contributed by atoms with Gasteiger partial charge in [-0.05, 0) is 196 Å². The van der Waals surface area contributed by atoms with Gasteiger partial charge in [-0.1, -0.05) is 55.4 Å². The van der Waals surface area contributed by atoms with E-state index in [1.807, 2.05) is 24.3 Å². The summed E-state index contributed by atoms with van der Waals surface area (Å²) in [6.45, 7) is 28.4. The molecule has 0 aromatic rings. The van der Waals surface area contributed by atoms with Crippen molar-refractivity contribution >= 4 is 34.2 Å². The fourth-order valence-corrected chi connectivity index (χ4v) is 35.7. The Bertz CT molecular complexity index is 2520. The van der Waals surface area contributed by atoms with Gasteiger partial charge in [0.25, 0.3) is 0 Å². The van der Waals surface area contributed by atoms with E-state index in [4.69, 9.17) is 16.5 Å². The maximum Gasteiger partial charge on any atom is 0.317 e. The van der Waals surface area contributed by atoms with E-state index in [1.54, 1.807) is 0 Å². The number of nitriles is 8. The van der Waals surface area contributed by atoms with Crippen molar-refractivity contribution in [2.45, 2.75) is 183 Å². The summed E-state index contributed by atoms with van der Waals surface area (Å²) in [5.41, 5.74) is 7.02. The zero-order valence-electron chi connectivity index (χ0n) is 49.7. The van der Waals surface area contributed by atoms with Gasteiger partial charge in [-0.3, -0.25) is 0 Å². The highest BCUT2D eigenvalue weighted by molar-refractivity contribution is 6.93. The normalized spacial score (nSPS) is 26.4. The highest BCUT2D eigenvalue weighted by Gasteiger charge is 2.56. The molecule has 0 unspecified atom stereocenters. The van der Waals surface area contributed by atoms with E-state index in [0.717, 1.165) is 96.4 Å². The van der Waals surface area contributed by atoms with Gasteiger partial charge in [-0.25, -0.2) is 0 Å². The van der Waals surface area contributed by atoms with E-state index < -0.39 is 34.2 Å². The smallest absolute Gasteiger partial charge is 0.317 e. The predicted molar refractivity (Wildman–Crippen MR) is 318 cm³/mol. The molecule has 1 aliphatic heterocycles. The summed E-state index contributed by atoms with van der Waals surface area (Å²) in [6, 6.07) is 19.3. The topological polar surface area (TPSA) is 275 Å². The quantitative estimate of drug-likeness (QED) is 0.0501. The maximum absolute atomic E-state index is 9.73. The third-order valence-electron chi connectivity index (χ3n) is 15.3. The molecule has 0 amide bonds. The van der Waals surface area contributed by atoms with Crippen LogP contribution in [0.3, 0.4) is 0 Å². The molecule has 20 heteroatoms. The third-order valence-corrected chi connectivity index (χ3v) is 34.2. The molecule has 0 spiro atoms. The molecule has 5 rings (SSSR count). The first-order valence-corrected chi connectivity index (χ1v) is 38.3. The molecule has 1 saturated heterocycles. The molecule has 0 atom stereocenters. The summed E-state index contributed by atoms with van der Waals surface area (Å²) in [6.07, 6.45) is 16.5. The van der Waals surface area contributed by atoms with Crippen molar-refractivity contribution in [3.05, 3.63) is 91.7 Å². The van der Waals surface area contributed by atoms with Gasteiger partial charge in [0.05, 0.1) is 0 Å². The minimum Gasteiger partial charge on any atom is -0.416 e. The lowest BCUT2D eigenvalue weighted by Crippen LogP contribution is -2.67. The van der Waals surface area contributed by atoms with E-state index in [0.29, 0.717) is 76.0 Å². The summed E-state index contributed by atoms with van der Waals surface area (Å²) in [5.74, 6) is 0. The standard InChI is InChI=1S/C60H84N12O4Si4/c1-57(2)29-45(49(37-61)38-62)25-53(33-57)69-17-13-21-77(9)73-78(10,22-14-18-70-54-26-46(50(39-63)40-64)30-58(3,4)34-54)75-80(12,24-16-20-72-56-28-48(52(43-67)44-68)32-60(7,8)36-56)76-79(11,74-77)23-15-19-71-55-27-47(51(41-65)42-66)31-59(5,6)35-55/h25-28,69-72H,13-24,29-36H2,1-12H3. The maximum atomic E-state index is 9.73. The van der Waals surface area contributed by atoms with Crippen LogP contribution in [0.4, 0.5) is 0 Å². The van der Waals surface area contributed by atoms with E-state index in [9.17, 15) is 42.1 Å². The highest BCUT2D eigenvalue weighted by Crippen LogP contribution is 2.43. The molecule has 0 radical (unpaired) electrons. The number of hydrogen-bond acceptors (Lipinski definition) is 16. The van der Waals surface area contributed by atoms with Crippen LogP contribution in [0.5, 0.6) is 0 Å². The number of allylic oxidation sites excluding steroid dienone is 16. The molecule has 1 fully saturated rings. The Balaban J connectivity index is 1.45. The first kappa shape index (κ1) is 64.6. The van der Waals surface area contributed by atoms with Crippen LogP contribution in [0.2, 0.25) is 50.4 Å². The SMILES string of the molecule is CC1(C)CC(NCCC[Si]2(C)O[Si](C)(CCCNC3=CC(=C(C#N)C#N)CC(C)(C)C3)O[Si](C)(CCCNC3=CC(=C(C#N)C#N)CC(C)(C)C3)O[Si](C)(CCCNC3=CC(=C(C#N)C#N)CC(C)(C)C3)O2)=CC(=C(C#N)C#N)C1. The molecule has 0 aromatic heterocycles. The molecule has 0 saturated carbocycles. The molecule has 4 aliphatic carbocycles. The predicted octanol–water partition coefficient (Wildman–Crippen LogP) is 12.5. The average Bonchev–Trinajstić information content (AvgIpc) is 3.34. The third kappa shape index (κ3) is 18.9. The van der Waals surface area contributed by atoms with Crippen molar-refractivity contribution in [3.63, 3.8) is 0 Å². The van der Waals surface area contributed by atoms with Crippen molar-refractivity contribution in [2.75, 3.05) is 26.2 Å². The number of rotatable bonds is 20. The van der Waals surface area contributed by atoms with Gasteiger partial charge in [0.15, 0.2) is 0 Å². The first-order chi connectivity index (χ1) is 37.5. The molecule has 5 aliphatic rings. The molecular formula is C60H84N12O4Si4. The second-order valence-electron chi connectivity index (χ2n) is 26.3. The average molecular weight is 1150 g/mol. The Morgan fingerprint density at radius 2 is 0.525 bits per heavy atom. The van der Waals surface area contributed by atoms with Gasteiger partial charge < -0.3 is 37.7 Å². The number of nitrogens with one attached hydrogen (secondary N) is 4. The van der Waals surface area contributed by atoms with Crippen LogP contribution in [0.1, 0.15) is 132 Å². The molecule has 0 aromatic carbocycles. The molecule has 0 bridgehead atoms. The first-order valence-electron chi connectivity index (χ1n) is 28.2. The van der Waals surface area contributed by atoms with Crippen molar-refractivity contribution in [2.24, 2.45) is 21.7 Å². The molecule has 16 nitrogen and oxygen atoms in total. The van der Waals surface area contributed by atoms with E-state index >= 15 is 0 Å². The summed E-state index contributed by atoms with van der Waals surface area (Å²) in [7, 11) is -12.5. The lowest BCUT2D eigenvalue weighted by Gasteiger charge is -2.50. The molecule has 4 N–H and O–H groups in total. The van der Waals surface area contributed by atoms with Crippen LogP contribution in [0, 0.1) is 112 Å². The number of nitrogens with zero attached hydrogens (tertiary/aromatic N) is 8. The second-order valence-corrected chi connectivity index (χ2v) is 40.6. The Morgan fingerprint density at radius 3 is 0.688 bits per heavy atom. The van der Waals surface area contributed by atoms with Crippen LogP contribution in [-0.4, -0.2) is 60.4 Å². The highest BCUT2D eigenvalue weighted by atomic mass is 28.5. The van der Waals surface area contributed by atoms with Crippen molar-refractivity contribution < 1.29 is 16.5 Å². The van der Waals surface area contributed by atoms with Crippen LogP contribution in [0.25, 0.3) is 0 Å². The van der Waals surface area contributed by atoms with E-state index in [2.05, 4.69) is 151 Å². The Morgan fingerprint density at radius 1 is 0.350 bits per heavy atom. The van der Waals surface area contributed by atoms with Gasteiger partial charge >= 0.3 is 34.2 Å². The summed E-state index contributed by atoms with van der Waals surface area (Å²) in [4.78, 5) is 0. The van der Waals surface area contributed by atoms with Gasteiger partial charge in [0, 0.05) is 49.0 Å². The summed E-state index contributed by atoms with van der Waals surface area (Å²) >= 11 is 0. The molecule has 1 heterocycles. The van der Waals surface area contributed by atoms with Crippen molar-refractivity contribution in [1.29, 1.82) is 42.1 Å². The lowest BCUT2D eigenvalue weighted by atomic mass is 9.76. The van der Waals surface area contributed by atoms with Crippen LogP contribution < -0.4 is 21.3 Å². The molecule has 424 valence electrons. The Kier molecular flexibility index (Phi) is 21.8. The zero-order valence-corrected chi connectivity index (χ0v) is 53.7. The van der Waals surface area contributed by atoms with Crippen molar-refractivity contribution in [3.8, 4) is 48.6 Å². The summed E-state index contributed by atoms with van der Waals surface area (Å²) < 4.78 is 30.5. The zero-order chi connectivity index (χ0) is 59.2. The monoisotopic (exact) mass is 1150 g/mol. The molecular weight excluding hydrogens is 1070 g/mol. The van der Waals surface area contributed by atoms with Crippen molar-refractivity contribution in [1.82, 2.24) is 21.3 Å². The van der Waals surface area contributed by atoms with Gasteiger partial charge in [-0.2, -0.15) is 42.1 Å². The lowest BCUT2D eigenvalue weighted by molar-refractivity contribution is 0.220. The molecule has 80 heavy (non-hydrogen) atoms. The minimum atomic E-state index is -3.12. The Labute approximate surface area is 482 Å². The summed E-state index contributed by atoms with van der Waals surface area (Å²) in [5, 5.41) is 92.5. The number of hydrogen-bond donors (Lipinski definition) is 4. The van der Waals surface area contributed by atoms with Gasteiger partial charge in [0.1, 0.15) is 70.8 Å². The van der Waals surface area contributed by atoms with Crippen LogP contribution >= 0.6 is 0 Å². The fourth-order valence-electron chi connectivity index (χ4n) is 12.3. The van der Waals surface area contributed by atoms with Crippen LogP contribution in [0.15, 0.2) is 91.7 Å². The largest absolute Gasteiger partial charge is 0.416 e. The Hall–Kier alpha value is -6.25.